The number of hydrogen-bond donors (Lipinski definition) is 1. The van der Waals surface area contributed by atoms with E-state index in [0.29, 0.717) is 12.2 Å². The number of benzene rings is 3. The van der Waals surface area contributed by atoms with Crippen molar-refractivity contribution in [3.8, 4) is 11.1 Å². The highest BCUT2D eigenvalue weighted by molar-refractivity contribution is 9.10. The lowest BCUT2D eigenvalue weighted by Gasteiger charge is -2.10. The van der Waals surface area contributed by atoms with E-state index in [1.165, 1.54) is 10.8 Å². The van der Waals surface area contributed by atoms with E-state index in [0.717, 1.165) is 32.2 Å². The number of aryl methyl sites for hydroxylation is 1. The molecule has 4 aromatic rings. The summed E-state index contributed by atoms with van der Waals surface area (Å²) in [5.41, 5.74) is 10.5. The van der Waals surface area contributed by atoms with Gasteiger partial charge in [0.05, 0.1) is 12.2 Å². The van der Waals surface area contributed by atoms with Crippen LogP contribution in [0.2, 0.25) is 0 Å². The van der Waals surface area contributed by atoms with Gasteiger partial charge in [-0.15, -0.1) is 0 Å². The van der Waals surface area contributed by atoms with Crippen molar-refractivity contribution in [2.75, 3.05) is 6.61 Å². The molecule has 0 saturated heterocycles. The Balaban J connectivity index is 2.02. The van der Waals surface area contributed by atoms with Gasteiger partial charge in [0.1, 0.15) is 0 Å². The number of carbonyl (C=O) groups excluding carboxylic acids is 1. The molecule has 0 atom stereocenters. The number of aromatic nitrogens is 1. The second kappa shape index (κ2) is 7.41. The van der Waals surface area contributed by atoms with Crippen LogP contribution in [0.3, 0.4) is 0 Å². The lowest BCUT2D eigenvalue weighted by molar-refractivity contribution is 0.0527. The summed E-state index contributed by atoms with van der Waals surface area (Å²) in [5, 5.41) is 3.22. The molecular formula is C23H21BrN2O2. The molecule has 28 heavy (non-hydrogen) atoms. The normalized spacial score (nSPS) is 11.3. The SMILES string of the molecule is CCOC(=O)c1c(CN)n(C)c2cc(-c3cccc4ccccc34)c(Br)cc12. The minimum absolute atomic E-state index is 0.264. The minimum Gasteiger partial charge on any atom is -0.462 e. The number of fused-ring (bicyclic) bond motifs is 2. The van der Waals surface area contributed by atoms with Crippen molar-refractivity contribution < 1.29 is 9.53 Å². The zero-order valence-corrected chi connectivity index (χ0v) is 17.4. The van der Waals surface area contributed by atoms with E-state index < -0.39 is 0 Å². The van der Waals surface area contributed by atoms with Crippen molar-refractivity contribution in [2.45, 2.75) is 13.5 Å². The Bertz CT molecular complexity index is 1210. The summed E-state index contributed by atoms with van der Waals surface area (Å²) < 4.78 is 8.20. The molecule has 0 aliphatic rings. The number of esters is 1. The monoisotopic (exact) mass is 436 g/mol. The average Bonchev–Trinajstić information content (AvgIpc) is 2.98. The van der Waals surface area contributed by atoms with Crippen molar-refractivity contribution in [1.29, 1.82) is 0 Å². The zero-order chi connectivity index (χ0) is 19.8. The molecule has 0 spiro atoms. The first-order valence-electron chi connectivity index (χ1n) is 9.23. The van der Waals surface area contributed by atoms with Crippen molar-refractivity contribution in [1.82, 2.24) is 4.57 Å². The number of ether oxygens (including phenoxy) is 1. The van der Waals surface area contributed by atoms with Crippen molar-refractivity contribution in [3.63, 3.8) is 0 Å². The number of halogens is 1. The van der Waals surface area contributed by atoms with Gasteiger partial charge in [-0.1, -0.05) is 58.4 Å². The molecule has 3 aromatic carbocycles. The first-order valence-corrected chi connectivity index (χ1v) is 10.0. The maximum absolute atomic E-state index is 12.6. The Hall–Kier alpha value is -2.63. The second-order valence-corrected chi connectivity index (χ2v) is 7.54. The number of nitrogens with zero attached hydrogens (tertiary/aromatic N) is 1. The summed E-state index contributed by atoms with van der Waals surface area (Å²) in [4.78, 5) is 12.6. The van der Waals surface area contributed by atoms with Crippen molar-refractivity contribution >= 4 is 43.6 Å². The van der Waals surface area contributed by atoms with Gasteiger partial charge in [0.15, 0.2) is 0 Å². The highest BCUT2D eigenvalue weighted by atomic mass is 79.9. The largest absolute Gasteiger partial charge is 0.462 e. The third kappa shape index (κ3) is 2.91. The van der Waals surface area contributed by atoms with Crippen molar-refractivity contribution in [2.24, 2.45) is 12.8 Å². The third-order valence-corrected chi connectivity index (χ3v) is 5.82. The Morgan fingerprint density at radius 2 is 1.82 bits per heavy atom. The van der Waals surface area contributed by atoms with E-state index in [4.69, 9.17) is 10.5 Å². The molecule has 5 heteroatoms. The van der Waals surface area contributed by atoms with Gasteiger partial charge in [-0.25, -0.2) is 4.79 Å². The number of rotatable bonds is 4. The van der Waals surface area contributed by atoms with E-state index in [2.05, 4.69) is 52.3 Å². The predicted molar refractivity (Wildman–Crippen MR) is 117 cm³/mol. The van der Waals surface area contributed by atoms with Gasteiger partial charge in [0.2, 0.25) is 0 Å². The van der Waals surface area contributed by atoms with E-state index in [-0.39, 0.29) is 12.5 Å². The van der Waals surface area contributed by atoms with Crippen LogP contribution >= 0.6 is 15.9 Å². The van der Waals surface area contributed by atoms with Gasteiger partial charge >= 0.3 is 5.97 Å². The van der Waals surface area contributed by atoms with Gasteiger partial charge in [0.25, 0.3) is 0 Å². The molecule has 1 aromatic heterocycles. The van der Waals surface area contributed by atoms with Crippen LogP contribution in [0.15, 0.2) is 59.1 Å². The maximum Gasteiger partial charge on any atom is 0.340 e. The standard InChI is InChI=1S/C23H21BrN2O2/c1-3-28-23(27)22-18-11-19(24)17(12-20(18)26(2)21(22)13-25)16-10-6-8-14-7-4-5-9-15(14)16/h4-12H,3,13,25H2,1-2H3. The van der Waals surface area contributed by atoms with Crippen LogP contribution in [0.1, 0.15) is 23.0 Å². The predicted octanol–water partition coefficient (Wildman–Crippen LogP) is 5.40. The fourth-order valence-corrected chi connectivity index (χ4v) is 4.40. The van der Waals surface area contributed by atoms with Gasteiger partial charge < -0.3 is 15.0 Å². The summed E-state index contributed by atoms with van der Waals surface area (Å²) in [6.45, 7) is 2.40. The highest BCUT2D eigenvalue weighted by Crippen LogP contribution is 2.38. The quantitative estimate of drug-likeness (QED) is 0.435. The molecule has 0 bridgehead atoms. The summed E-state index contributed by atoms with van der Waals surface area (Å²) in [6, 6.07) is 18.7. The van der Waals surface area contributed by atoms with E-state index in [9.17, 15) is 4.79 Å². The molecule has 1 heterocycles. The lowest BCUT2D eigenvalue weighted by atomic mass is 9.97. The Morgan fingerprint density at radius 3 is 2.57 bits per heavy atom. The van der Waals surface area contributed by atoms with Crippen LogP contribution in [0.4, 0.5) is 0 Å². The number of hydrogen-bond acceptors (Lipinski definition) is 3. The molecule has 0 saturated carbocycles. The molecule has 0 aliphatic heterocycles. The smallest absolute Gasteiger partial charge is 0.340 e. The fraction of sp³-hybridized carbons (Fsp3) is 0.174. The maximum atomic E-state index is 12.6. The van der Waals surface area contributed by atoms with Crippen LogP contribution in [0.25, 0.3) is 32.8 Å². The second-order valence-electron chi connectivity index (χ2n) is 6.68. The van der Waals surface area contributed by atoms with E-state index in [1.54, 1.807) is 6.92 Å². The molecule has 0 unspecified atom stereocenters. The van der Waals surface area contributed by atoms with Gasteiger partial charge in [-0.3, -0.25) is 0 Å². The Kier molecular flexibility index (Phi) is 4.96. The van der Waals surface area contributed by atoms with E-state index >= 15 is 0 Å². The summed E-state index contributed by atoms with van der Waals surface area (Å²) >= 11 is 3.73. The van der Waals surface area contributed by atoms with E-state index in [1.807, 2.05) is 29.8 Å². The summed E-state index contributed by atoms with van der Waals surface area (Å²) in [5.74, 6) is -0.335. The summed E-state index contributed by atoms with van der Waals surface area (Å²) in [7, 11) is 1.94. The third-order valence-electron chi connectivity index (χ3n) is 5.16. The van der Waals surface area contributed by atoms with Crippen LogP contribution in [-0.2, 0) is 18.3 Å². The van der Waals surface area contributed by atoms with Gasteiger partial charge in [0, 0.05) is 34.7 Å². The van der Waals surface area contributed by atoms with Crippen molar-refractivity contribution in [3.05, 3.63) is 70.3 Å². The summed E-state index contributed by atoms with van der Waals surface area (Å²) in [6.07, 6.45) is 0. The first kappa shape index (κ1) is 18.7. The fourth-order valence-electron chi connectivity index (χ4n) is 3.84. The topological polar surface area (TPSA) is 57.2 Å². The Labute approximate surface area is 172 Å². The Morgan fingerprint density at radius 1 is 1.07 bits per heavy atom. The van der Waals surface area contributed by atoms with Crippen LogP contribution < -0.4 is 5.73 Å². The average molecular weight is 437 g/mol. The molecule has 0 fully saturated rings. The van der Waals surface area contributed by atoms with Gasteiger partial charge in [-0.2, -0.15) is 0 Å². The molecule has 4 nitrogen and oxygen atoms in total. The number of carbonyl (C=O) groups is 1. The number of nitrogens with two attached hydrogens (primary N) is 1. The minimum atomic E-state index is -0.335. The molecule has 0 amide bonds. The molecule has 2 N–H and O–H groups in total. The van der Waals surface area contributed by atoms with Crippen LogP contribution in [0, 0.1) is 0 Å². The first-order chi connectivity index (χ1) is 13.6. The van der Waals surface area contributed by atoms with Crippen LogP contribution in [0.5, 0.6) is 0 Å². The molecule has 0 radical (unpaired) electrons. The molecule has 0 aliphatic carbocycles. The molecule has 4 rings (SSSR count). The lowest BCUT2D eigenvalue weighted by Crippen LogP contribution is -2.12. The molecule has 142 valence electrons. The molecular weight excluding hydrogens is 416 g/mol. The van der Waals surface area contributed by atoms with Crippen LogP contribution in [-0.4, -0.2) is 17.1 Å². The zero-order valence-electron chi connectivity index (χ0n) is 15.8. The van der Waals surface area contributed by atoms with Gasteiger partial charge in [-0.05, 0) is 41.0 Å². The highest BCUT2D eigenvalue weighted by Gasteiger charge is 2.23.